The Hall–Kier alpha value is -5.34. The van der Waals surface area contributed by atoms with Gasteiger partial charge in [-0.1, -0.05) is 180 Å². The third kappa shape index (κ3) is 8.76. The molecule has 0 unspecified atom stereocenters. The fourth-order valence-corrected chi connectivity index (χ4v) is 11.7. The Labute approximate surface area is 372 Å². The van der Waals surface area contributed by atoms with Gasteiger partial charge in [0.2, 0.25) is 0 Å². The van der Waals surface area contributed by atoms with Crippen LogP contribution in [-0.4, -0.2) is 29.9 Å². The van der Waals surface area contributed by atoms with E-state index in [1.807, 2.05) is 109 Å². The van der Waals surface area contributed by atoms with E-state index in [2.05, 4.69) is 72.8 Å². The molecule has 10 aromatic rings. The van der Waals surface area contributed by atoms with Gasteiger partial charge in [-0.15, -0.1) is 0 Å². The molecule has 12 heteroatoms. The summed E-state index contributed by atoms with van der Waals surface area (Å²) in [6.45, 7) is 0. The lowest BCUT2D eigenvalue weighted by Crippen LogP contribution is -2.03. The Morgan fingerprint density at radius 1 is 0.183 bits per heavy atom. The van der Waals surface area contributed by atoms with Crippen LogP contribution in [0.25, 0.3) is 33.1 Å². The molecule has 7 aromatic carbocycles. The monoisotopic (exact) mass is 882 g/mol. The molecule has 0 spiro atoms. The molecule has 3 aromatic heterocycles. The summed E-state index contributed by atoms with van der Waals surface area (Å²) < 4.78 is 0. The number of nitrogens with zero attached hydrogens (tertiary/aromatic N) is 6. The Bertz CT molecular complexity index is 2510. The molecule has 3 heterocycles. The lowest BCUT2D eigenvalue weighted by atomic mass is 10.2. The second-order valence-electron chi connectivity index (χ2n) is 13.1. The summed E-state index contributed by atoms with van der Waals surface area (Å²) in [6.07, 6.45) is 0. The van der Waals surface area contributed by atoms with Crippen molar-refractivity contribution in [3.8, 4) is 0 Å². The van der Waals surface area contributed by atoms with Crippen molar-refractivity contribution in [2.45, 2.75) is 59.5 Å². The number of hydrogen-bond acceptors (Lipinski definition) is 12. The first-order valence-corrected chi connectivity index (χ1v) is 23.7. The molecule has 0 atom stereocenters. The second-order valence-corrected chi connectivity index (χ2v) is 19.5. The molecule has 0 amide bonds. The fraction of sp³-hybridized carbons (Fsp3) is 0. The van der Waals surface area contributed by atoms with Gasteiger partial charge in [-0.3, -0.25) is 0 Å². The Balaban J connectivity index is 1.28. The van der Waals surface area contributed by atoms with Crippen molar-refractivity contribution in [3.63, 3.8) is 0 Å². The normalized spacial score (nSPS) is 11.4. The fourth-order valence-electron chi connectivity index (χ4n) is 6.20. The van der Waals surface area contributed by atoms with Crippen LogP contribution in [0.15, 0.2) is 242 Å². The van der Waals surface area contributed by atoms with E-state index in [1.165, 1.54) is 0 Å². The smallest absolute Gasteiger partial charge is 0.134 e. The van der Waals surface area contributed by atoms with Crippen LogP contribution in [0.2, 0.25) is 0 Å². The van der Waals surface area contributed by atoms with Crippen LogP contribution in [0.4, 0.5) is 0 Å². The zero-order chi connectivity index (χ0) is 40.1. The first kappa shape index (κ1) is 38.8. The topological polar surface area (TPSA) is 77.3 Å². The molecule has 0 radical (unpaired) electrons. The number of aromatic nitrogens is 6. The molecular weight excluding hydrogens is 853 g/mol. The molecule has 0 fully saturated rings. The van der Waals surface area contributed by atoms with Gasteiger partial charge in [0, 0.05) is 29.4 Å². The zero-order valence-electron chi connectivity index (χ0n) is 31.5. The second kappa shape index (κ2) is 18.1. The first-order chi connectivity index (χ1) is 29.7. The van der Waals surface area contributed by atoms with Gasteiger partial charge in [0.1, 0.15) is 63.3 Å². The molecule has 0 saturated heterocycles. The number of rotatable bonds is 12. The maximum atomic E-state index is 5.49. The summed E-state index contributed by atoms with van der Waals surface area (Å²) in [5.41, 5.74) is 3.75. The molecule has 10 rings (SSSR count). The molecule has 0 aliphatic rings. The highest BCUT2D eigenvalue weighted by molar-refractivity contribution is 8.03. The highest BCUT2D eigenvalue weighted by Gasteiger charge is 2.25. The molecule has 0 aliphatic heterocycles. The lowest BCUT2D eigenvalue weighted by Gasteiger charge is -2.16. The van der Waals surface area contributed by atoms with Crippen LogP contribution in [0.3, 0.4) is 0 Å². The van der Waals surface area contributed by atoms with Crippen LogP contribution in [0.1, 0.15) is 0 Å². The van der Waals surface area contributed by atoms with E-state index in [-0.39, 0.29) is 0 Å². The average molecular weight is 883 g/mol. The SMILES string of the molecule is c1ccc(Sc2nc3c4nc(Sc5ccccc5)c(Sc5ccccc5)nc4c4nc(Sc5ccccc5)c(Sc5ccccc5)nc4c3nc2Sc2ccccc2)cc1. The van der Waals surface area contributed by atoms with Crippen LogP contribution < -0.4 is 0 Å². The summed E-state index contributed by atoms with van der Waals surface area (Å²) in [4.78, 5) is 39.3. The molecule has 6 nitrogen and oxygen atoms in total. The van der Waals surface area contributed by atoms with Gasteiger partial charge in [-0.25, -0.2) is 29.9 Å². The highest BCUT2D eigenvalue weighted by atomic mass is 32.2. The number of fused-ring (bicyclic) bond motifs is 6. The van der Waals surface area contributed by atoms with Gasteiger partial charge in [0.25, 0.3) is 0 Å². The Morgan fingerprint density at radius 2 is 0.317 bits per heavy atom. The van der Waals surface area contributed by atoms with Gasteiger partial charge in [0.15, 0.2) is 0 Å². The van der Waals surface area contributed by atoms with Gasteiger partial charge in [-0.2, -0.15) is 0 Å². The zero-order valence-corrected chi connectivity index (χ0v) is 36.4. The van der Waals surface area contributed by atoms with E-state index < -0.39 is 0 Å². The summed E-state index contributed by atoms with van der Waals surface area (Å²) in [7, 11) is 0. The summed E-state index contributed by atoms with van der Waals surface area (Å²) in [5.74, 6) is 0. The van der Waals surface area contributed by atoms with E-state index in [0.29, 0.717) is 33.1 Å². The molecule has 0 bridgehead atoms. The van der Waals surface area contributed by atoms with Crippen molar-refractivity contribution < 1.29 is 0 Å². The van der Waals surface area contributed by atoms with Crippen LogP contribution in [0, 0.1) is 0 Å². The largest absolute Gasteiger partial charge is 0.234 e. The van der Waals surface area contributed by atoms with Crippen LogP contribution in [0.5, 0.6) is 0 Å². The van der Waals surface area contributed by atoms with Gasteiger partial charge < -0.3 is 0 Å². The van der Waals surface area contributed by atoms with E-state index in [1.54, 1.807) is 70.6 Å². The third-order valence-corrected chi connectivity index (χ3v) is 15.2. The van der Waals surface area contributed by atoms with Crippen molar-refractivity contribution in [2.75, 3.05) is 0 Å². The Morgan fingerprint density at radius 3 is 0.450 bits per heavy atom. The van der Waals surface area contributed by atoms with Crippen LogP contribution in [-0.2, 0) is 0 Å². The van der Waals surface area contributed by atoms with Crippen molar-refractivity contribution in [2.24, 2.45) is 0 Å². The molecule has 0 saturated carbocycles. The Kier molecular flexibility index (Phi) is 11.7. The summed E-state index contributed by atoms with van der Waals surface area (Å²) in [5, 5.41) is 4.63. The highest BCUT2D eigenvalue weighted by Crippen LogP contribution is 2.45. The molecule has 0 N–H and O–H groups in total. The van der Waals surface area contributed by atoms with Crippen LogP contribution >= 0.6 is 70.6 Å². The van der Waals surface area contributed by atoms with Gasteiger partial charge >= 0.3 is 0 Å². The molecular formula is C48H30N6S6. The van der Waals surface area contributed by atoms with E-state index in [9.17, 15) is 0 Å². The minimum atomic E-state index is 0.625. The lowest BCUT2D eigenvalue weighted by molar-refractivity contribution is 0.936. The molecule has 0 aliphatic carbocycles. The van der Waals surface area contributed by atoms with Gasteiger partial charge in [-0.05, 0) is 72.8 Å². The first-order valence-electron chi connectivity index (χ1n) is 18.8. The quantitative estimate of drug-likeness (QED) is 0.110. The molecule has 60 heavy (non-hydrogen) atoms. The summed E-state index contributed by atoms with van der Waals surface area (Å²) in [6, 6.07) is 61.8. The van der Waals surface area contributed by atoms with Crippen molar-refractivity contribution in [1.82, 2.24) is 29.9 Å². The maximum Gasteiger partial charge on any atom is 0.134 e. The predicted octanol–water partition coefficient (Wildman–Crippen LogP) is 14.4. The average Bonchev–Trinajstić information content (AvgIpc) is 3.29. The standard InChI is InChI=1S/C48H30N6S6/c1-7-19-31(20-8-1)55-43-44(56-32-21-9-2-10-22-32)50-38-37(49-43)39-41(53-46(58-34-25-13-4-14-26-34)45(51-39)57-33-23-11-3-12-24-33)42-40(38)52-47(59-35-27-15-5-16-28-35)48(54-42)60-36-29-17-6-18-30-36/h1-30H. The van der Waals surface area contributed by atoms with Gasteiger partial charge in [0.05, 0.1) is 0 Å². The van der Waals surface area contributed by atoms with Crippen molar-refractivity contribution in [3.05, 3.63) is 182 Å². The van der Waals surface area contributed by atoms with Crippen molar-refractivity contribution in [1.29, 1.82) is 0 Å². The number of benzene rings is 7. The van der Waals surface area contributed by atoms with Crippen molar-refractivity contribution >= 4 is 104 Å². The molecule has 288 valence electrons. The number of hydrogen-bond donors (Lipinski definition) is 0. The maximum absolute atomic E-state index is 5.49. The van der Waals surface area contributed by atoms with E-state index >= 15 is 0 Å². The van der Waals surface area contributed by atoms with E-state index in [4.69, 9.17) is 29.9 Å². The minimum Gasteiger partial charge on any atom is -0.234 e. The summed E-state index contributed by atoms with van der Waals surface area (Å²) >= 11 is 9.52. The predicted molar refractivity (Wildman–Crippen MR) is 249 cm³/mol. The minimum absolute atomic E-state index is 0.625. The third-order valence-electron chi connectivity index (χ3n) is 8.92. The van der Waals surface area contributed by atoms with E-state index in [0.717, 1.165) is 59.5 Å².